The second-order valence-corrected chi connectivity index (χ2v) is 5.25. The maximum atomic E-state index is 11.7. The van der Waals surface area contributed by atoms with Gasteiger partial charge in [-0.2, -0.15) is 0 Å². The summed E-state index contributed by atoms with van der Waals surface area (Å²) in [6.07, 6.45) is 0.107. The molecule has 4 nitrogen and oxygen atoms in total. The average molecular weight is 251 g/mol. The number of benzene rings is 1. The molecule has 0 bridgehead atoms. The van der Waals surface area contributed by atoms with Crippen molar-refractivity contribution in [3.8, 4) is 0 Å². The normalized spacial score (nSPS) is 11.2. The summed E-state index contributed by atoms with van der Waals surface area (Å²) in [6, 6.07) is 5.71. The number of carbonyl (C=O) groups is 1. The fourth-order valence-electron chi connectivity index (χ4n) is 1.50. The molecule has 0 aromatic heterocycles. The maximum Gasteiger partial charge on any atom is 0.412 e. The lowest BCUT2D eigenvalue weighted by atomic mass is 10.1. The molecule has 100 valence electrons. The lowest BCUT2D eigenvalue weighted by Gasteiger charge is -2.20. The van der Waals surface area contributed by atoms with Gasteiger partial charge in [0.25, 0.3) is 0 Å². The minimum absolute atomic E-state index is 0.0922. The molecule has 0 aliphatic rings. The van der Waals surface area contributed by atoms with Crippen LogP contribution in [0.2, 0.25) is 0 Å². The predicted octanol–water partition coefficient (Wildman–Crippen LogP) is 2.88. The number of hydrogen-bond donors (Lipinski definition) is 2. The number of nitrogens with one attached hydrogen (secondary N) is 1. The second kappa shape index (κ2) is 5.87. The molecule has 1 amide bonds. The molecule has 1 aromatic carbocycles. The van der Waals surface area contributed by atoms with Crippen LogP contribution in [0.15, 0.2) is 18.2 Å². The van der Waals surface area contributed by atoms with Crippen molar-refractivity contribution in [3.05, 3.63) is 29.3 Å². The topological polar surface area (TPSA) is 58.6 Å². The summed E-state index contributed by atoms with van der Waals surface area (Å²) in [5, 5.41) is 11.6. The third-order valence-corrected chi connectivity index (χ3v) is 2.34. The van der Waals surface area contributed by atoms with Gasteiger partial charge in [-0.3, -0.25) is 5.32 Å². The molecular weight excluding hydrogens is 230 g/mol. The van der Waals surface area contributed by atoms with Crippen LogP contribution in [0.4, 0.5) is 10.5 Å². The molecule has 0 atom stereocenters. The smallest absolute Gasteiger partial charge is 0.412 e. The van der Waals surface area contributed by atoms with E-state index >= 15 is 0 Å². The Balaban J connectivity index is 2.77. The van der Waals surface area contributed by atoms with Crippen molar-refractivity contribution >= 4 is 11.8 Å². The summed E-state index contributed by atoms with van der Waals surface area (Å²) in [5.41, 5.74) is 2.15. The van der Waals surface area contributed by atoms with Crippen LogP contribution in [0, 0.1) is 6.92 Å². The molecule has 0 aliphatic heterocycles. The molecule has 0 aliphatic carbocycles. The predicted molar refractivity (Wildman–Crippen MR) is 71.8 cm³/mol. The van der Waals surface area contributed by atoms with Crippen molar-refractivity contribution in [2.45, 2.75) is 39.7 Å². The van der Waals surface area contributed by atoms with Gasteiger partial charge in [0.15, 0.2) is 0 Å². The molecule has 4 heteroatoms. The highest BCUT2D eigenvalue weighted by Gasteiger charge is 2.16. The van der Waals surface area contributed by atoms with Crippen LogP contribution >= 0.6 is 0 Å². The molecular formula is C14H21NO3. The number of ether oxygens (including phenoxy) is 1. The van der Waals surface area contributed by atoms with Crippen molar-refractivity contribution in [2.75, 3.05) is 11.9 Å². The molecule has 0 radical (unpaired) electrons. The lowest BCUT2D eigenvalue weighted by Crippen LogP contribution is -2.27. The minimum Gasteiger partial charge on any atom is -0.444 e. The maximum absolute atomic E-state index is 11.7. The Bertz CT molecular complexity index is 422. The molecule has 0 heterocycles. The zero-order chi connectivity index (χ0) is 13.8. The van der Waals surface area contributed by atoms with Crippen LogP contribution in [0.25, 0.3) is 0 Å². The second-order valence-electron chi connectivity index (χ2n) is 5.25. The van der Waals surface area contributed by atoms with Gasteiger partial charge < -0.3 is 9.84 Å². The van der Waals surface area contributed by atoms with E-state index in [4.69, 9.17) is 9.84 Å². The van der Waals surface area contributed by atoms with E-state index in [2.05, 4.69) is 5.32 Å². The van der Waals surface area contributed by atoms with Gasteiger partial charge in [-0.25, -0.2) is 4.79 Å². The number of aryl methyl sites for hydroxylation is 1. The highest BCUT2D eigenvalue weighted by atomic mass is 16.6. The number of amides is 1. The highest BCUT2D eigenvalue weighted by molar-refractivity contribution is 5.86. The number of carbonyl (C=O) groups excluding carboxylic acids is 1. The first kappa shape index (κ1) is 14.5. The molecule has 0 spiro atoms. The van der Waals surface area contributed by atoms with Crippen LogP contribution < -0.4 is 5.32 Å². The molecule has 1 aromatic rings. The van der Waals surface area contributed by atoms with Gasteiger partial charge in [-0.15, -0.1) is 0 Å². The summed E-state index contributed by atoms with van der Waals surface area (Å²) >= 11 is 0. The SMILES string of the molecule is Cc1ccc(CCO)cc1NC(=O)OC(C)(C)C. The summed E-state index contributed by atoms with van der Waals surface area (Å²) < 4.78 is 5.20. The Hall–Kier alpha value is -1.55. The van der Waals surface area contributed by atoms with Gasteiger partial charge >= 0.3 is 6.09 Å². The van der Waals surface area contributed by atoms with Crippen molar-refractivity contribution in [1.29, 1.82) is 0 Å². The fourth-order valence-corrected chi connectivity index (χ4v) is 1.50. The standard InChI is InChI=1S/C14H21NO3/c1-10-5-6-11(7-8-16)9-12(10)15-13(17)18-14(2,3)4/h5-6,9,16H,7-8H2,1-4H3,(H,15,17). The van der Waals surface area contributed by atoms with E-state index < -0.39 is 11.7 Å². The van der Waals surface area contributed by atoms with E-state index in [-0.39, 0.29) is 6.61 Å². The van der Waals surface area contributed by atoms with E-state index in [0.717, 1.165) is 16.8 Å². The third-order valence-electron chi connectivity index (χ3n) is 2.34. The number of aliphatic hydroxyl groups is 1. The Morgan fingerprint density at radius 3 is 2.61 bits per heavy atom. The van der Waals surface area contributed by atoms with Gasteiger partial charge in [0.05, 0.1) is 0 Å². The van der Waals surface area contributed by atoms with Gasteiger partial charge in [0, 0.05) is 12.3 Å². The molecule has 0 saturated heterocycles. The highest BCUT2D eigenvalue weighted by Crippen LogP contribution is 2.18. The Labute approximate surface area is 108 Å². The molecule has 0 saturated carbocycles. The van der Waals surface area contributed by atoms with E-state index in [0.29, 0.717) is 6.42 Å². The monoisotopic (exact) mass is 251 g/mol. The summed E-state index contributed by atoms with van der Waals surface area (Å²) in [5.74, 6) is 0. The molecule has 0 fully saturated rings. The Morgan fingerprint density at radius 1 is 1.39 bits per heavy atom. The first-order chi connectivity index (χ1) is 8.31. The zero-order valence-corrected chi connectivity index (χ0v) is 11.4. The van der Waals surface area contributed by atoms with Gasteiger partial charge in [0.2, 0.25) is 0 Å². The van der Waals surface area contributed by atoms with Crippen molar-refractivity contribution in [2.24, 2.45) is 0 Å². The first-order valence-corrected chi connectivity index (χ1v) is 6.02. The summed E-state index contributed by atoms with van der Waals surface area (Å²) in [6.45, 7) is 7.47. The number of anilines is 1. The zero-order valence-electron chi connectivity index (χ0n) is 11.4. The van der Waals surface area contributed by atoms with Crippen LogP contribution in [0.3, 0.4) is 0 Å². The first-order valence-electron chi connectivity index (χ1n) is 6.02. The van der Waals surface area contributed by atoms with Gasteiger partial charge in [0.1, 0.15) is 5.60 Å². The number of rotatable bonds is 3. The summed E-state index contributed by atoms with van der Waals surface area (Å²) in [7, 11) is 0. The lowest BCUT2D eigenvalue weighted by molar-refractivity contribution is 0.0636. The third kappa shape index (κ3) is 4.75. The molecule has 18 heavy (non-hydrogen) atoms. The van der Waals surface area contributed by atoms with Gasteiger partial charge in [-0.05, 0) is 51.3 Å². The van der Waals surface area contributed by atoms with Crippen LogP contribution in [0.5, 0.6) is 0 Å². The molecule has 1 rings (SSSR count). The number of aliphatic hydroxyl groups excluding tert-OH is 1. The van der Waals surface area contributed by atoms with Crippen molar-refractivity contribution in [3.63, 3.8) is 0 Å². The van der Waals surface area contributed by atoms with E-state index in [1.54, 1.807) is 0 Å². The van der Waals surface area contributed by atoms with Crippen LogP contribution in [0.1, 0.15) is 31.9 Å². The van der Waals surface area contributed by atoms with Gasteiger partial charge in [-0.1, -0.05) is 12.1 Å². The van der Waals surface area contributed by atoms with E-state index in [1.807, 2.05) is 45.9 Å². The molecule has 2 N–H and O–H groups in total. The van der Waals surface area contributed by atoms with E-state index in [9.17, 15) is 4.79 Å². The van der Waals surface area contributed by atoms with Crippen molar-refractivity contribution < 1.29 is 14.6 Å². The summed E-state index contributed by atoms with van der Waals surface area (Å²) in [4.78, 5) is 11.7. The minimum atomic E-state index is -0.513. The fraction of sp³-hybridized carbons (Fsp3) is 0.500. The molecule has 0 unspecified atom stereocenters. The van der Waals surface area contributed by atoms with Crippen LogP contribution in [-0.4, -0.2) is 23.4 Å². The van der Waals surface area contributed by atoms with Crippen molar-refractivity contribution in [1.82, 2.24) is 0 Å². The largest absolute Gasteiger partial charge is 0.444 e. The van der Waals surface area contributed by atoms with Crippen LogP contribution in [-0.2, 0) is 11.2 Å². The Kier molecular flexibility index (Phi) is 4.73. The Morgan fingerprint density at radius 2 is 2.06 bits per heavy atom. The number of hydrogen-bond acceptors (Lipinski definition) is 3. The quantitative estimate of drug-likeness (QED) is 0.868. The van der Waals surface area contributed by atoms with E-state index in [1.165, 1.54) is 0 Å². The average Bonchev–Trinajstić information content (AvgIpc) is 2.20.